The molecule has 1 aliphatic rings. The van der Waals surface area contributed by atoms with Crippen molar-refractivity contribution in [2.75, 3.05) is 18.4 Å². The van der Waals surface area contributed by atoms with Crippen molar-refractivity contribution < 1.29 is 9.59 Å². The molecule has 0 unspecified atom stereocenters. The Morgan fingerprint density at radius 1 is 1.26 bits per heavy atom. The molecule has 23 heavy (non-hydrogen) atoms. The van der Waals surface area contributed by atoms with Gasteiger partial charge in [0, 0.05) is 18.3 Å². The number of amides is 2. The van der Waals surface area contributed by atoms with E-state index in [1.54, 1.807) is 24.3 Å². The monoisotopic (exact) mass is 327 g/mol. The molecule has 0 bridgehead atoms. The number of benzene rings is 1. The number of anilines is 1. The summed E-state index contributed by atoms with van der Waals surface area (Å²) < 4.78 is 0. The van der Waals surface area contributed by atoms with Crippen LogP contribution in [-0.4, -0.2) is 35.0 Å². The first kappa shape index (κ1) is 16.8. The topological polar surface area (TPSA) is 61.8 Å². The Kier molecular flexibility index (Phi) is 5.94. The number of amidine groups is 1. The Labute approximate surface area is 139 Å². The van der Waals surface area contributed by atoms with Gasteiger partial charge in [-0.15, -0.1) is 13.2 Å². The van der Waals surface area contributed by atoms with Crippen molar-refractivity contribution in [2.45, 2.75) is 0 Å². The molecule has 1 aromatic rings. The van der Waals surface area contributed by atoms with E-state index in [2.05, 4.69) is 23.5 Å². The van der Waals surface area contributed by atoms with E-state index in [0.29, 0.717) is 28.8 Å². The predicted molar refractivity (Wildman–Crippen MR) is 95.2 cm³/mol. The molecule has 0 spiro atoms. The van der Waals surface area contributed by atoms with Crippen LogP contribution in [0.2, 0.25) is 0 Å². The number of hydrogen-bond acceptors (Lipinski definition) is 4. The molecule has 2 rings (SSSR count). The molecule has 1 N–H and O–H groups in total. The summed E-state index contributed by atoms with van der Waals surface area (Å²) in [4.78, 5) is 30.5. The minimum absolute atomic E-state index is 0.249. The van der Waals surface area contributed by atoms with E-state index in [9.17, 15) is 9.59 Å². The summed E-state index contributed by atoms with van der Waals surface area (Å²) in [6.07, 6.45) is 4.56. The van der Waals surface area contributed by atoms with Crippen molar-refractivity contribution in [3.05, 3.63) is 66.6 Å². The third kappa shape index (κ3) is 4.43. The summed E-state index contributed by atoms with van der Waals surface area (Å²) in [5, 5.41) is 3.27. The van der Waals surface area contributed by atoms with Crippen LogP contribution >= 0.6 is 11.8 Å². The van der Waals surface area contributed by atoms with Crippen LogP contribution in [0.3, 0.4) is 0 Å². The van der Waals surface area contributed by atoms with Crippen LogP contribution < -0.4 is 5.32 Å². The molecule has 2 amide bonds. The maximum atomic E-state index is 12.4. The first-order valence-electron chi connectivity index (χ1n) is 6.99. The van der Waals surface area contributed by atoms with Crippen LogP contribution in [0.5, 0.6) is 0 Å². The van der Waals surface area contributed by atoms with Gasteiger partial charge in [-0.3, -0.25) is 19.5 Å². The molecule has 1 saturated heterocycles. The van der Waals surface area contributed by atoms with Crippen molar-refractivity contribution in [1.29, 1.82) is 0 Å². The second kappa shape index (κ2) is 8.14. The molecule has 0 atom stereocenters. The van der Waals surface area contributed by atoms with Crippen LogP contribution in [0.25, 0.3) is 0 Å². The Bertz CT molecular complexity index is 680. The molecule has 1 aliphatic heterocycles. The Morgan fingerprint density at radius 2 is 2.00 bits per heavy atom. The quantitative estimate of drug-likeness (QED) is 0.645. The maximum Gasteiger partial charge on any atom is 0.267 e. The summed E-state index contributed by atoms with van der Waals surface area (Å²) in [5.74, 6) is -0.600. The van der Waals surface area contributed by atoms with E-state index in [4.69, 9.17) is 0 Å². The number of thioether (sulfide) groups is 1. The van der Waals surface area contributed by atoms with E-state index >= 15 is 0 Å². The molecule has 1 heterocycles. The minimum atomic E-state index is -0.351. The number of carbonyl (C=O) groups is 2. The summed E-state index contributed by atoms with van der Waals surface area (Å²) in [6.45, 7) is 8.00. The number of carbonyl (C=O) groups excluding carboxylic acids is 2. The molecule has 0 aliphatic carbocycles. The first-order valence-corrected chi connectivity index (χ1v) is 7.81. The first-order chi connectivity index (χ1) is 11.2. The van der Waals surface area contributed by atoms with Crippen LogP contribution in [0.15, 0.2) is 71.6 Å². The molecule has 1 fully saturated rings. The lowest BCUT2D eigenvalue weighted by Crippen LogP contribution is -2.29. The number of aliphatic imine (C=N–C) groups is 1. The van der Waals surface area contributed by atoms with Gasteiger partial charge in [0.1, 0.15) is 0 Å². The maximum absolute atomic E-state index is 12.4. The van der Waals surface area contributed by atoms with Crippen LogP contribution in [-0.2, 0) is 9.59 Å². The lowest BCUT2D eigenvalue weighted by molar-refractivity contribution is -0.122. The van der Waals surface area contributed by atoms with Gasteiger partial charge in [0.25, 0.3) is 5.91 Å². The molecular formula is C17H17N3O2S. The Balaban J connectivity index is 2.15. The number of nitrogens with one attached hydrogen (secondary N) is 1. The van der Waals surface area contributed by atoms with Gasteiger partial charge in [-0.05, 0) is 23.9 Å². The van der Waals surface area contributed by atoms with Crippen molar-refractivity contribution >= 4 is 34.4 Å². The smallest absolute Gasteiger partial charge is 0.267 e. The molecule has 0 radical (unpaired) electrons. The van der Waals surface area contributed by atoms with Gasteiger partial charge in [-0.25, -0.2) is 0 Å². The summed E-state index contributed by atoms with van der Waals surface area (Å²) >= 11 is 1.18. The van der Waals surface area contributed by atoms with Crippen molar-refractivity contribution in [1.82, 2.24) is 4.90 Å². The zero-order valence-electron chi connectivity index (χ0n) is 12.6. The van der Waals surface area contributed by atoms with Gasteiger partial charge < -0.3 is 5.32 Å². The SMILES string of the molecule is C=CCN=C1SC(=CC(=O)Nc2ccccc2)C(=O)N1CC=C. The number of hydrogen-bond donors (Lipinski definition) is 1. The predicted octanol–water partition coefficient (Wildman–Crippen LogP) is 2.81. The molecule has 6 heteroatoms. The highest BCUT2D eigenvalue weighted by atomic mass is 32.2. The molecule has 118 valence electrons. The van der Waals surface area contributed by atoms with Crippen LogP contribution in [0, 0.1) is 0 Å². The second-order valence-corrected chi connectivity index (χ2v) is 5.59. The Hall–Kier alpha value is -2.60. The van der Waals surface area contributed by atoms with E-state index in [-0.39, 0.29) is 11.8 Å². The van der Waals surface area contributed by atoms with Crippen LogP contribution in [0.4, 0.5) is 5.69 Å². The highest BCUT2D eigenvalue weighted by molar-refractivity contribution is 8.18. The van der Waals surface area contributed by atoms with E-state index in [1.165, 1.54) is 22.7 Å². The zero-order chi connectivity index (χ0) is 16.7. The summed E-state index contributed by atoms with van der Waals surface area (Å²) in [7, 11) is 0. The van der Waals surface area contributed by atoms with E-state index < -0.39 is 0 Å². The minimum Gasteiger partial charge on any atom is -0.322 e. The molecule has 1 aromatic carbocycles. The largest absolute Gasteiger partial charge is 0.322 e. The van der Waals surface area contributed by atoms with Gasteiger partial charge in [0.05, 0.1) is 11.4 Å². The lowest BCUT2D eigenvalue weighted by Gasteiger charge is -2.12. The second-order valence-electron chi connectivity index (χ2n) is 4.58. The Morgan fingerprint density at radius 3 is 2.65 bits per heavy atom. The fraction of sp³-hybridized carbons (Fsp3) is 0.118. The molecule has 0 aromatic heterocycles. The summed E-state index contributed by atoms with van der Waals surface area (Å²) in [5.41, 5.74) is 0.674. The highest BCUT2D eigenvalue weighted by Gasteiger charge is 2.32. The van der Waals surface area contributed by atoms with Gasteiger partial charge in [0.15, 0.2) is 5.17 Å². The van der Waals surface area contributed by atoms with Crippen molar-refractivity contribution in [3.8, 4) is 0 Å². The van der Waals surface area contributed by atoms with E-state index in [1.807, 2.05) is 18.2 Å². The number of rotatable bonds is 6. The van der Waals surface area contributed by atoms with E-state index in [0.717, 1.165) is 0 Å². The van der Waals surface area contributed by atoms with Gasteiger partial charge in [0.2, 0.25) is 5.91 Å². The van der Waals surface area contributed by atoms with Gasteiger partial charge in [-0.1, -0.05) is 30.4 Å². The van der Waals surface area contributed by atoms with Gasteiger partial charge in [-0.2, -0.15) is 0 Å². The molecule has 5 nitrogen and oxygen atoms in total. The summed E-state index contributed by atoms with van der Waals surface area (Å²) in [6, 6.07) is 9.07. The van der Waals surface area contributed by atoms with Crippen molar-refractivity contribution in [2.24, 2.45) is 4.99 Å². The lowest BCUT2D eigenvalue weighted by atomic mass is 10.3. The standard InChI is InChI=1S/C17H17N3O2S/c1-3-10-18-17-20(11-4-2)16(22)14(23-17)12-15(21)19-13-8-6-5-7-9-13/h3-9,12H,1-2,10-11H2,(H,19,21). The normalized spacial score (nSPS) is 17.6. The highest BCUT2D eigenvalue weighted by Crippen LogP contribution is 2.30. The molecule has 0 saturated carbocycles. The fourth-order valence-corrected chi connectivity index (χ4v) is 2.84. The van der Waals surface area contributed by atoms with Crippen molar-refractivity contribution in [3.63, 3.8) is 0 Å². The average molecular weight is 327 g/mol. The third-order valence-corrected chi connectivity index (χ3v) is 3.90. The van der Waals surface area contributed by atoms with Crippen LogP contribution in [0.1, 0.15) is 0 Å². The molecular weight excluding hydrogens is 310 g/mol. The zero-order valence-corrected chi connectivity index (χ0v) is 13.4. The van der Waals surface area contributed by atoms with Gasteiger partial charge >= 0.3 is 0 Å². The number of para-hydroxylation sites is 1. The fourth-order valence-electron chi connectivity index (χ4n) is 1.88. The number of nitrogens with zero attached hydrogens (tertiary/aromatic N) is 2. The average Bonchev–Trinajstić information content (AvgIpc) is 2.83. The third-order valence-electron chi connectivity index (χ3n) is 2.86.